The van der Waals surface area contributed by atoms with E-state index in [1.807, 2.05) is 29.9 Å². The number of amides is 1. The second-order valence-electron chi connectivity index (χ2n) is 6.37. The van der Waals surface area contributed by atoms with Crippen LogP contribution in [0.15, 0.2) is 71.5 Å². The van der Waals surface area contributed by atoms with Crippen LogP contribution in [0.25, 0.3) is 17.1 Å². The van der Waals surface area contributed by atoms with Gasteiger partial charge >= 0.3 is 0 Å². The summed E-state index contributed by atoms with van der Waals surface area (Å²) >= 11 is 0. The van der Waals surface area contributed by atoms with Gasteiger partial charge in [-0.05, 0) is 36.4 Å². The average molecular weight is 391 g/mol. The number of aromatic nitrogens is 3. The lowest BCUT2D eigenvalue weighted by Crippen LogP contribution is -2.25. The normalized spacial score (nSPS) is 10.8. The number of non-ortho nitro benzene ring substituents is 1. The van der Waals surface area contributed by atoms with Gasteiger partial charge in [-0.15, -0.1) is 0 Å². The number of hydrogen-bond donors (Lipinski definition) is 1. The Balaban J connectivity index is 1.75. The lowest BCUT2D eigenvalue weighted by Gasteiger charge is -2.07. The van der Waals surface area contributed by atoms with Crippen molar-refractivity contribution in [1.82, 2.24) is 19.7 Å². The van der Waals surface area contributed by atoms with Crippen LogP contribution in [0.3, 0.4) is 0 Å². The molecule has 0 aliphatic rings. The average Bonchev–Trinajstić information content (AvgIpc) is 3.46. The monoisotopic (exact) mass is 391 g/mol. The molecule has 1 aromatic carbocycles. The van der Waals surface area contributed by atoms with E-state index in [1.54, 1.807) is 30.3 Å². The first kappa shape index (κ1) is 18.2. The molecular formula is C20H17N5O4. The van der Waals surface area contributed by atoms with E-state index in [0.717, 1.165) is 5.69 Å². The van der Waals surface area contributed by atoms with Crippen LogP contribution in [0.2, 0.25) is 0 Å². The van der Waals surface area contributed by atoms with Crippen molar-refractivity contribution in [1.29, 1.82) is 0 Å². The summed E-state index contributed by atoms with van der Waals surface area (Å²) in [6.07, 6.45) is 3.40. The second kappa shape index (κ2) is 7.47. The van der Waals surface area contributed by atoms with E-state index in [-0.39, 0.29) is 23.8 Å². The molecule has 0 saturated carbocycles. The Bertz CT molecular complexity index is 1170. The molecule has 9 nitrogen and oxygen atoms in total. The van der Waals surface area contributed by atoms with Gasteiger partial charge in [-0.2, -0.15) is 5.10 Å². The van der Waals surface area contributed by atoms with Crippen molar-refractivity contribution in [3.8, 4) is 17.1 Å². The maximum Gasteiger partial charge on any atom is 0.271 e. The van der Waals surface area contributed by atoms with Crippen LogP contribution >= 0.6 is 0 Å². The minimum absolute atomic E-state index is 0.0830. The molecule has 9 heteroatoms. The third kappa shape index (κ3) is 3.65. The van der Waals surface area contributed by atoms with Crippen molar-refractivity contribution in [2.75, 3.05) is 0 Å². The number of carbonyl (C=O) groups is 1. The first-order valence-corrected chi connectivity index (χ1v) is 8.80. The molecule has 146 valence electrons. The standard InChI is InChI=1S/C20H17N5O4/c1-23-9-3-8-18(23)17-12-19(20(26)21-13-16-7-4-10-29-16)24(22-17)14-5-2-6-15(11-14)25(27)28/h2-12H,13H2,1H3,(H,21,26). The van der Waals surface area contributed by atoms with Crippen LogP contribution in [-0.2, 0) is 13.6 Å². The number of rotatable bonds is 6. The van der Waals surface area contributed by atoms with E-state index in [0.29, 0.717) is 17.1 Å². The summed E-state index contributed by atoms with van der Waals surface area (Å²) in [4.78, 5) is 23.5. The molecule has 0 aliphatic carbocycles. The van der Waals surface area contributed by atoms with Gasteiger partial charge in [-0.25, -0.2) is 4.68 Å². The number of nitro groups is 1. The fourth-order valence-electron chi connectivity index (χ4n) is 3.00. The molecule has 0 fully saturated rings. The van der Waals surface area contributed by atoms with Gasteiger partial charge in [0.1, 0.15) is 17.1 Å². The maximum atomic E-state index is 12.9. The lowest BCUT2D eigenvalue weighted by molar-refractivity contribution is -0.384. The van der Waals surface area contributed by atoms with Gasteiger partial charge in [0, 0.05) is 25.4 Å². The highest BCUT2D eigenvalue weighted by atomic mass is 16.6. The number of furan rings is 1. The van der Waals surface area contributed by atoms with E-state index < -0.39 is 4.92 Å². The van der Waals surface area contributed by atoms with Crippen molar-refractivity contribution < 1.29 is 14.1 Å². The van der Waals surface area contributed by atoms with Crippen LogP contribution in [0.1, 0.15) is 16.2 Å². The smallest absolute Gasteiger partial charge is 0.271 e. The Morgan fingerprint density at radius 3 is 2.76 bits per heavy atom. The second-order valence-corrected chi connectivity index (χ2v) is 6.37. The molecule has 0 unspecified atom stereocenters. The van der Waals surface area contributed by atoms with Gasteiger partial charge in [0.2, 0.25) is 0 Å². The molecule has 4 aromatic rings. The van der Waals surface area contributed by atoms with E-state index in [1.165, 1.54) is 23.1 Å². The minimum Gasteiger partial charge on any atom is -0.467 e. The molecule has 1 N–H and O–H groups in total. The topological polar surface area (TPSA) is 108 Å². The fraction of sp³-hybridized carbons (Fsp3) is 0.100. The minimum atomic E-state index is -0.484. The van der Waals surface area contributed by atoms with Gasteiger partial charge < -0.3 is 14.3 Å². The zero-order valence-corrected chi connectivity index (χ0v) is 15.5. The van der Waals surface area contributed by atoms with Gasteiger partial charge in [-0.3, -0.25) is 14.9 Å². The predicted molar refractivity (Wildman–Crippen MR) is 105 cm³/mol. The van der Waals surface area contributed by atoms with Crippen molar-refractivity contribution in [3.05, 3.63) is 88.6 Å². The van der Waals surface area contributed by atoms with Crippen LogP contribution in [0, 0.1) is 10.1 Å². The van der Waals surface area contributed by atoms with Crippen molar-refractivity contribution in [2.45, 2.75) is 6.54 Å². The Hall–Kier alpha value is -4.14. The Morgan fingerprint density at radius 2 is 2.07 bits per heavy atom. The molecule has 0 aliphatic heterocycles. The Labute approximate surface area is 165 Å². The fourth-order valence-corrected chi connectivity index (χ4v) is 3.00. The third-order valence-electron chi connectivity index (χ3n) is 4.44. The number of nitro benzene ring substituents is 1. The van der Waals surface area contributed by atoms with Crippen LogP contribution in [0.4, 0.5) is 5.69 Å². The molecule has 29 heavy (non-hydrogen) atoms. The molecule has 0 radical (unpaired) electrons. The summed E-state index contributed by atoms with van der Waals surface area (Å²) in [5.41, 5.74) is 1.98. The van der Waals surface area contributed by atoms with E-state index in [9.17, 15) is 14.9 Å². The summed E-state index contributed by atoms with van der Waals surface area (Å²) in [7, 11) is 1.87. The van der Waals surface area contributed by atoms with E-state index in [2.05, 4.69) is 10.4 Å². The van der Waals surface area contributed by atoms with Gasteiger partial charge in [-0.1, -0.05) is 6.07 Å². The van der Waals surface area contributed by atoms with Crippen molar-refractivity contribution in [2.24, 2.45) is 7.05 Å². The molecule has 3 aromatic heterocycles. The first-order chi connectivity index (χ1) is 14.0. The molecule has 0 atom stereocenters. The van der Waals surface area contributed by atoms with Crippen LogP contribution in [0.5, 0.6) is 0 Å². The van der Waals surface area contributed by atoms with Gasteiger partial charge in [0.15, 0.2) is 0 Å². The molecule has 0 saturated heterocycles. The van der Waals surface area contributed by atoms with E-state index in [4.69, 9.17) is 4.42 Å². The molecule has 4 rings (SSSR count). The summed E-state index contributed by atoms with van der Waals surface area (Å²) < 4.78 is 8.53. The predicted octanol–water partition coefficient (Wildman–Crippen LogP) is 3.31. The summed E-state index contributed by atoms with van der Waals surface area (Å²) in [6, 6.07) is 14.9. The highest BCUT2D eigenvalue weighted by molar-refractivity contribution is 5.94. The summed E-state index contributed by atoms with van der Waals surface area (Å²) in [5, 5.41) is 18.5. The summed E-state index contributed by atoms with van der Waals surface area (Å²) in [6.45, 7) is 0.214. The highest BCUT2D eigenvalue weighted by Gasteiger charge is 2.20. The zero-order chi connectivity index (χ0) is 20.4. The SMILES string of the molecule is Cn1cccc1-c1cc(C(=O)NCc2ccco2)n(-c2cccc([N+](=O)[O-])c2)n1. The largest absolute Gasteiger partial charge is 0.467 e. The molecule has 1 amide bonds. The number of hydrogen-bond acceptors (Lipinski definition) is 5. The van der Waals surface area contributed by atoms with Gasteiger partial charge in [0.05, 0.1) is 29.1 Å². The van der Waals surface area contributed by atoms with Crippen molar-refractivity contribution in [3.63, 3.8) is 0 Å². The molecule has 0 bridgehead atoms. The van der Waals surface area contributed by atoms with E-state index >= 15 is 0 Å². The molecule has 0 spiro atoms. The maximum absolute atomic E-state index is 12.9. The number of benzene rings is 1. The highest BCUT2D eigenvalue weighted by Crippen LogP contribution is 2.24. The van der Waals surface area contributed by atoms with Gasteiger partial charge in [0.25, 0.3) is 11.6 Å². The number of carbonyl (C=O) groups excluding carboxylic acids is 1. The summed E-state index contributed by atoms with van der Waals surface area (Å²) in [5.74, 6) is 0.239. The Kier molecular flexibility index (Phi) is 4.70. The number of nitrogens with zero attached hydrogens (tertiary/aromatic N) is 4. The number of aryl methyl sites for hydroxylation is 1. The molecular weight excluding hydrogens is 374 g/mol. The quantitative estimate of drug-likeness (QED) is 0.401. The Morgan fingerprint density at radius 1 is 1.21 bits per heavy atom. The van der Waals surface area contributed by atoms with Crippen LogP contribution < -0.4 is 5.32 Å². The number of nitrogens with one attached hydrogen (secondary N) is 1. The van der Waals surface area contributed by atoms with Crippen LogP contribution in [-0.4, -0.2) is 25.2 Å². The lowest BCUT2D eigenvalue weighted by atomic mass is 10.2. The zero-order valence-electron chi connectivity index (χ0n) is 15.5. The van der Waals surface area contributed by atoms with Crippen molar-refractivity contribution >= 4 is 11.6 Å². The first-order valence-electron chi connectivity index (χ1n) is 8.80. The molecule has 3 heterocycles. The third-order valence-corrected chi connectivity index (χ3v) is 4.44.